The van der Waals surface area contributed by atoms with Crippen LogP contribution in [0.1, 0.15) is 16.1 Å². The molecular weight excluding hydrogens is 327 g/mol. The molecule has 0 unspecified atom stereocenters. The maximum absolute atomic E-state index is 13.8. The number of halogens is 2. The number of aromatic nitrogens is 3. The highest BCUT2D eigenvalue weighted by Crippen LogP contribution is 2.20. The Morgan fingerprint density at radius 2 is 2.15 bits per heavy atom. The normalized spacial score (nSPS) is 10.9. The minimum Gasteiger partial charge on any atom is -0.381 e. The van der Waals surface area contributed by atoms with Crippen LogP contribution < -0.4 is 5.73 Å². The first-order valence-electron chi connectivity index (χ1n) is 5.65. The smallest absolute Gasteiger partial charge is 0.214 e. The van der Waals surface area contributed by atoms with Crippen LogP contribution in [0, 0.1) is 5.82 Å². The fourth-order valence-electron chi connectivity index (χ4n) is 1.92. The van der Waals surface area contributed by atoms with Crippen molar-refractivity contribution in [3.8, 4) is 0 Å². The van der Waals surface area contributed by atoms with Gasteiger partial charge in [-0.1, -0.05) is 15.9 Å². The lowest BCUT2D eigenvalue weighted by atomic mass is 10.1. The van der Waals surface area contributed by atoms with Crippen molar-refractivity contribution in [2.75, 3.05) is 5.73 Å². The molecule has 0 aliphatic carbocycles. The van der Waals surface area contributed by atoms with Crippen molar-refractivity contribution in [3.63, 3.8) is 0 Å². The van der Waals surface area contributed by atoms with Crippen molar-refractivity contribution >= 4 is 33.2 Å². The Morgan fingerprint density at radius 3 is 2.95 bits per heavy atom. The van der Waals surface area contributed by atoms with E-state index in [0.717, 1.165) is 0 Å². The zero-order chi connectivity index (χ0) is 14.3. The second-order valence-electron chi connectivity index (χ2n) is 4.10. The number of carbonyl (C=O) groups excluding carboxylic acids is 1. The van der Waals surface area contributed by atoms with Crippen molar-refractivity contribution < 1.29 is 9.18 Å². The summed E-state index contributed by atoms with van der Waals surface area (Å²) < 4.78 is 15.9. The van der Waals surface area contributed by atoms with Crippen LogP contribution in [0.3, 0.4) is 0 Å². The first-order valence-corrected chi connectivity index (χ1v) is 6.44. The summed E-state index contributed by atoms with van der Waals surface area (Å²) in [5.74, 6) is -0.849. The summed E-state index contributed by atoms with van der Waals surface area (Å²) in [6.45, 7) is 0. The third kappa shape index (κ3) is 1.96. The lowest BCUT2D eigenvalue weighted by Gasteiger charge is -2.04. The molecule has 100 valence electrons. The van der Waals surface area contributed by atoms with E-state index >= 15 is 0 Å². The second kappa shape index (κ2) is 4.68. The number of benzene rings is 1. The molecule has 0 bridgehead atoms. The van der Waals surface area contributed by atoms with Gasteiger partial charge in [-0.2, -0.15) is 0 Å². The largest absolute Gasteiger partial charge is 0.381 e. The first kappa shape index (κ1) is 12.7. The Bertz CT molecular complexity index is 830. The summed E-state index contributed by atoms with van der Waals surface area (Å²) >= 11 is 3.22. The lowest BCUT2D eigenvalue weighted by Crippen LogP contribution is -2.08. The molecule has 20 heavy (non-hydrogen) atoms. The van der Waals surface area contributed by atoms with Crippen molar-refractivity contribution in [2.45, 2.75) is 0 Å². The maximum atomic E-state index is 13.8. The van der Waals surface area contributed by atoms with Gasteiger partial charge in [0, 0.05) is 16.9 Å². The number of nitrogens with zero attached hydrogens (tertiary/aromatic N) is 3. The minimum absolute atomic E-state index is 0.0310. The molecule has 0 aliphatic heterocycles. The van der Waals surface area contributed by atoms with Crippen LogP contribution in [0.2, 0.25) is 0 Å². The predicted octanol–water partition coefficient (Wildman–Crippen LogP) is 2.44. The molecule has 2 heterocycles. The lowest BCUT2D eigenvalue weighted by molar-refractivity contribution is 0.102. The van der Waals surface area contributed by atoms with E-state index in [-0.39, 0.29) is 17.1 Å². The standard InChI is InChI=1S/C13H8BrFN4O/c14-7-1-2-9(15)8(5-7)11(20)10-6-18-13-12(16)17-3-4-19(10)13/h1-6H,(H2,16,17). The molecular formula is C13H8BrFN4O. The zero-order valence-corrected chi connectivity index (χ0v) is 11.6. The fourth-order valence-corrected chi connectivity index (χ4v) is 2.28. The number of hydrogen-bond acceptors (Lipinski definition) is 4. The summed E-state index contributed by atoms with van der Waals surface area (Å²) in [5.41, 5.74) is 6.24. The number of hydrogen-bond donors (Lipinski definition) is 1. The van der Waals surface area contributed by atoms with Gasteiger partial charge in [0.05, 0.1) is 11.8 Å². The van der Waals surface area contributed by atoms with E-state index < -0.39 is 11.6 Å². The number of rotatable bonds is 2. The summed E-state index contributed by atoms with van der Waals surface area (Å²) in [5, 5.41) is 0. The third-order valence-electron chi connectivity index (χ3n) is 2.86. The molecule has 2 aromatic heterocycles. The molecule has 0 aliphatic rings. The summed E-state index contributed by atoms with van der Waals surface area (Å²) in [6, 6.07) is 4.20. The number of nitrogen functional groups attached to an aromatic ring is 1. The van der Waals surface area contributed by atoms with E-state index in [1.165, 1.54) is 35.0 Å². The van der Waals surface area contributed by atoms with Crippen LogP contribution in [0.25, 0.3) is 5.65 Å². The molecule has 5 nitrogen and oxygen atoms in total. The quantitative estimate of drug-likeness (QED) is 0.730. The van der Waals surface area contributed by atoms with Gasteiger partial charge in [-0.3, -0.25) is 9.20 Å². The molecule has 3 rings (SSSR count). The van der Waals surface area contributed by atoms with Crippen molar-refractivity contribution in [2.24, 2.45) is 0 Å². The average molecular weight is 335 g/mol. The van der Waals surface area contributed by atoms with Crippen molar-refractivity contribution in [3.05, 3.63) is 58.3 Å². The van der Waals surface area contributed by atoms with Gasteiger partial charge in [0.25, 0.3) is 0 Å². The van der Waals surface area contributed by atoms with Gasteiger partial charge >= 0.3 is 0 Å². The Balaban J connectivity index is 2.18. The van der Waals surface area contributed by atoms with Crippen LogP contribution in [0.15, 0.2) is 41.3 Å². The molecule has 0 amide bonds. The summed E-state index contributed by atoms with van der Waals surface area (Å²) in [6.07, 6.45) is 4.37. The Kier molecular flexibility index (Phi) is 2.98. The molecule has 0 saturated heterocycles. The van der Waals surface area contributed by atoms with Crippen LogP contribution in [-0.4, -0.2) is 20.2 Å². The first-order chi connectivity index (χ1) is 9.58. The molecule has 2 N–H and O–H groups in total. The third-order valence-corrected chi connectivity index (χ3v) is 3.35. The van der Waals surface area contributed by atoms with E-state index in [2.05, 4.69) is 25.9 Å². The van der Waals surface area contributed by atoms with Gasteiger partial charge in [0.2, 0.25) is 5.78 Å². The Labute approximate surface area is 121 Å². The van der Waals surface area contributed by atoms with Crippen LogP contribution >= 0.6 is 15.9 Å². The van der Waals surface area contributed by atoms with E-state index in [4.69, 9.17) is 5.73 Å². The monoisotopic (exact) mass is 334 g/mol. The summed E-state index contributed by atoms with van der Waals surface area (Å²) in [4.78, 5) is 20.3. The average Bonchev–Trinajstić information content (AvgIpc) is 2.86. The second-order valence-corrected chi connectivity index (χ2v) is 5.02. The molecule has 0 fully saturated rings. The van der Waals surface area contributed by atoms with Crippen LogP contribution in [0.4, 0.5) is 10.2 Å². The molecule has 0 spiro atoms. The molecule has 0 atom stereocenters. The molecule has 1 aromatic carbocycles. The number of nitrogens with two attached hydrogens (primary N) is 1. The number of fused-ring (bicyclic) bond motifs is 1. The highest BCUT2D eigenvalue weighted by molar-refractivity contribution is 9.10. The Hall–Kier alpha value is -2.28. The topological polar surface area (TPSA) is 73.3 Å². The van der Waals surface area contributed by atoms with Crippen LogP contribution in [-0.2, 0) is 0 Å². The van der Waals surface area contributed by atoms with Gasteiger partial charge in [0.1, 0.15) is 11.5 Å². The number of carbonyl (C=O) groups is 1. The maximum Gasteiger partial charge on any atom is 0.214 e. The minimum atomic E-state index is -0.588. The van der Waals surface area contributed by atoms with Gasteiger partial charge in [-0.25, -0.2) is 14.4 Å². The van der Waals surface area contributed by atoms with Gasteiger partial charge in [-0.15, -0.1) is 0 Å². The van der Waals surface area contributed by atoms with Crippen molar-refractivity contribution in [1.82, 2.24) is 14.4 Å². The Morgan fingerprint density at radius 1 is 1.35 bits per heavy atom. The number of imidazole rings is 1. The molecule has 0 saturated carbocycles. The van der Waals surface area contributed by atoms with Gasteiger partial charge in [0.15, 0.2) is 11.5 Å². The highest BCUT2D eigenvalue weighted by Gasteiger charge is 2.19. The zero-order valence-electron chi connectivity index (χ0n) is 10.0. The molecule has 7 heteroatoms. The number of anilines is 1. The molecule has 3 aromatic rings. The van der Waals surface area contributed by atoms with Gasteiger partial charge < -0.3 is 5.73 Å². The van der Waals surface area contributed by atoms with E-state index in [0.29, 0.717) is 10.1 Å². The molecule has 0 radical (unpaired) electrons. The van der Waals surface area contributed by atoms with Crippen LogP contribution in [0.5, 0.6) is 0 Å². The summed E-state index contributed by atoms with van der Waals surface area (Å²) in [7, 11) is 0. The SMILES string of the molecule is Nc1nccn2c(C(=O)c3cc(Br)ccc3F)cnc12. The van der Waals surface area contributed by atoms with E-state index in [9.17, 15) is 9.18 Å². The van der Waals surface area contributed by atoms with Crippen molar-refractivity contribution in [1.29, 1.82) is 0 Å². The predicted molar refractivity (Wildman–Crippen MR) is 74.9 cm³/mol. The van der Waals surface area contributed by atoms with Gasteiger partial charge in [-0.05, 0) is 18.2 Å². The van der Waals surface area contributed by atoms with E-state index in [1.54, 1.807) is 6.20 Å². The van der Waals surface area contributed by atoms with E-state index in [1.807, 2.05) is 0 Å². The fraction of sp³-hybridized carbons (Fsp3) is 0. The number of ketones is 1. The highest BCUT2D eigenvalue weighted by atomic mass is 79.9.